The van der Waals surface area contributed by atoms with Crippen molar-refractivity contribution in [2.75, 3.05) is 40.4 Å². The number of imidazole rings is 1. The molecule has 1 aliphatic rings. The zero-order valence-electron chi connectivity index (χ0n) is 14.5. The van der Waals surface area contributed by atoms with E-state index in [0.29, 0.717) is 11.5 Å². The van der Waals surface area contributed by atoms with Gasteiger partial charge in [0.1, 0.15) is 0 Å². The second-order valence-electron chi connectivity index (χ2n) is 6.26. The molecule has 0 unspecified atom stereocenters. The minimum Gasteiger partial charge on any atom is -0.380 e. The van der Waals surface area contributed by atoms with E-state index in [1.54, 1.807) is 12.5 Å². The predicted molar refractivity (Wildman–Crippen MR) is 82.6 cm³/mol. The van der Waals surface area contributed by atoms with Crippen molar-refractivity contribution in [3.05, 3.63) is 25.1 Å². The van der Waals surface area contributed by atoms with Crippen LogP contribution in [-0.4, -0.2) is 60.9 Å². The van der Waals surface area contributed by atoms with Crippen LogP contribution in [-0.2, 0) is 11.8 Å². The number of hydrogen-bond acceptors (Lipinski definition) is 4. The summed E-state index contributed by atoms with van der Waals surface area (Å²) < 4.78 is 7.17. The summed E-state index contributed by atoms with van der Waals surface area (Å²) >= 11 is 0. The van der Waals surface area contributed by atoms with Gasteiger partial charge >= 0.3 is 51.4 Å². The van der Waals surface area contributed by atoms with E-state index in [1.807, 2.05) is 11.6 Å². The number of hydrogen-bond donors (Lipinski definition) is 1. The average molecular weight is 321 g/mol. The fourth-order valence-corrected chi connectivity index (χ4v) is 2.12. The Balaban J connectivity index is 0.000000425. The number of nitrogens with zero attached hydrogens (tertiary/aromatic N) is 3. The largest absolute Gasteiger partial charge is 1.00 e. The monoisotopic (exact) mass is 320 g/mol. The molecule has 21 heavy (non-hydrogen) atoms. The molecule has 0 saturated carbocycles. The standard InChI is InChI=1S/C10H22N2O.C5H7N2.K/c1-9(2)11-5-10(6-12(3)4)7-13-8-10;1-5-3-6-4-7(5)2;/h9,11H,5-8H2,1-4H3;3-4H,1H2,2H3;/q;-1;+1. The molecule has 5 nitrogen and oxygen atoms in total. The minimum atomic E-state index is 0. The first-order chi connectivity index (χ1) is 9.34. The smallest absolute Gasteiger partial charge is 0.380 e. The molecule has 1 fully saturated rings. The summed E-state index contributed by atoms with van der Waals surface area (Å²) in [6.07, 6.45) is 3.45. The summed E-state index contributed by atoms with van der Waals surface area (Å²) in [4.78, 5) is 6.06. The van der Waals surface area contributed by atoms with Crippen molar-refractivity contribution in [2.45, 2.75) is 19.9 Å². The second-order valence-corrected chi connectivity index (χ2v) is 6.26. The van der Waals surface area contributed by atoms with Gasteiger partial charge in [0.05, 0.1) is 19.5 Å². The molecular weight excluding hydrogens is 291 g/mol. The zero-order chi connectivity index (χ0) is 15.2. The van der Waals surface area contributed by atoms with Crippen LogP contribution in [0.5, 0.6) is 0 Å². The van der Waals surface area contributed by atoms with Crippen molar-refractivity contribution in [1.82, 2.24) is 19.8 Å². The van der Waals surface area contributed by atoms with Crippen molar-refractivity contribution >= 4 is 0 Å². The van der Waals surface area contributed by atoms with Gasteiger partial charge in [0.2, 0.25) is 0 Å². The first-order valence-electron chi connectivity index (χ1n) is 7.09. The van der Waals surface area contributed by atoms with Gasteiger partial charge in [-0.15, -0.1) is 5.69 Å². The summed E-state index contributed by atoms with van der Waals surface area (Å²) in [5.41, 5.74) is 1.31. The van der Waals surface area contributed by atoms with Crippen molar-refractivity contribution in [3.8, 4) is 0 Å². The Morgan fingerprint density at radius 1 is 1.48 bits per heavy atom. The molecule has 6 heteroatoms. The van der Waals surface area contributed by atoms with E-state index in [4.69, 9.17) is 4.74 Å². The summed E-state index contributed by atoms with van der Waals surface area (Å²) in [6, 6.07) is 0.569. The van der Waals surface area contributed by atoms with Gasteiger partial charge in [-0.25, -0.2) is 6.92 Å². The molecule has 0 amide bonds. The van der Waals surface area contributed by atoms with E-state index in [9.17, 15) is 0 Å². The van der Waals surface area contributed by atoms with Gasteiger partial charge in [-0.3, -0.25) is 0 Å². The molecule has 0 aromatic carbocycles. The number of aromatic nitrogens is 2. The third kappa shape index (κ3) is 8.13. The molecule has 2 heterocycles. The van der Waals surface area contributed by atoms with Crippen LogP contribution in [0.15, 0.2) is 12.5 Å². The Morgan fingerprint density at radius 2 is 2.10 bits per heavy atom. The van der Waals surface area contributed by atoms with Gasteiger partial charge in [0.25, 0.3) is 0 Å². The van der Waals surface area contributed by atoms with Crippen LogP contribution in [0.2, 0.25) is 0 Å². The van der Waals surface area contributed by atoms with Gasteiger partial charge in [0.15, 0.2) is 0 Å². The van der Waals surface area contributed by atoms with Crippen LogP contribution in [0.4, 0.5) is 0 Å². The number of rotatable bonds is 5. The zero-order valence-corrected chi connectivity index (χ0v) is 17.6. The predicted octanol–water partition coefficient (Wildman–Crippen LogP) is -1.83. The summed E-state index contributed by atoms with van der Waals surface area (Å²) in [5, 5.41) is 3.49. The fraction of sp³-hybridized carbons (Fsp3) is 0.733. The van der Waals surface area contributed by atoms with Gasteiger partial charge in [-0.1, -0.05) is 20.0 Å². The Bertz CT molecular complexity index is 372. The third-order valence-corrected chi connectivity index (χ3v) is 3.27. The van der Waals surface area contributed by atoms with E-state index < -0.39 is 0 Å². The van der Waals surface area contributed by atoms with E-state index in [1.165, 1.54) is 0 Å². The molecule has 1 aromatic rings. The molecule has 1 aliphatic heterocycles. The second kappa shape index (κ2) is 10.4. The maximum Gasteiger partial charge on any atom is 1.00 e. The maximum absolute atomic E-state index is 5.30. The molecule has 0 atom stereocenters. The van der Waals surface area contributed by atoms with Gasteiger partial charge < -0.3 is 24.5 Å². The number of aryl methyl sites for hydroxylation is 1. The first-order valence-corrected chi connectivity index (χ1v) is 7.09. The van der Waals surface area contributed by atoms with Gasteiger partial charge in [-0.05, 0) is 14.1 Å². The van der Waals surface area contributed by atoms with Crippen LogP contribution in [0.1, 0.15) is 19.5 Å². The molecule has 1 saturated heterocycles. The third-order valence-electron chi connectivity index (χ3n) is 3.27. The Kier molecular flexibility index (Phi) is 10.7. The van der Waals surface area contributed by atoms with Crippen LogP contribution < -0.4 is 56.7 Å². The Hall–Kier alpha value is 0.596. The van der Waals surface area contributed by atoms with E-state index in [-0.39, 0.29) is 51.4 Å². The van der Waals surface area contributed by atoms with Crippen molar-refractivity contribution < 1.29 is 56.1 Å². The molecular formula is C15H29KN4O. The SMILES string of the molecule is CC(C)NCC1(CN(C)C)COC1.[CH2-]c1cncn1C.[K+]. The van der Waals surface area contributed by atoms with E-state index in [2.05, 4.69) is 50.1 Å². The molecule has 1 aromatic heterocycles. The normalized spacial score (nSPS) is 16.0. The van der Waals surface area contributed by atoms with Crippen molar-refractivity contribution in [3.63, 3.8) is 0 Å². The van der Waals surface area contributed by atoms with Crippen LogP contribution in [0.25, 0.3) is 0 Å². The van der Waals surface area contributed by atoms with Gasteiger partial charge in [-0.2, -0.15) is 0 Å². The fourth-order valence-electron chi connectivity index (χ4n) is 2.12. The minimum absolute atomic E-state index is 0. The van der Waals surface area contributed by atoms with E-state index >= 15 is 0 Å². The number of ether oxygens (including phenoxy) is 1. The summed E-state index contributed by atoms with van der Waals surface area (Å²) in [6.45, 7) is 12.1. The summed E-state index contributed by atoms with van der Waals surface area (Å²) in [5.74, 6) is 0. The molecule has 0 aliphatic carbocycles. The molecule has 0 spiro atoms. The number of nitrogens with one attached hydrogen (secondary N) is 1. The maximum atomic E-state index is 5.30. The summed E-state index contributed by atoms with van der Waals surface area (Å²) in [7, 11) is 6.15. The first kappa shape index (κ1) is 21.6. The average Bonchev–Trinajstić information content (AvgIpc) is 2.67. The van der Waals surface area contributed by atoms with Crippen LogP contribution in [0.3, 0.4) is 0 Å². The Morgan fingerprint density at radius 3 is 2.33 bits per heavy atom. The quantitative estimate of drug-likeness (QED) is 0.512. The van der Waals surface area contributed by atoms with Crippen LogP contribution >= 0.6 is 0 Å². The van der Waals surface area contributed by atoms with Crippen molar-refractivity contribution in [2.24, 2.45) is 12.5 Å². The topological polar surface area (TPSA) is 42.3 Å². The molecule has 2 rings (SSSR count). The molecule has 0 bridgehead atoms. The van der Waals surface area contributed by atoms with Crippen LogP contribution in [0, 0.1) is 12.3 Å². The molecule has 1 N–H and O–H groups in total. The van der Waals surface area contributed by atoms with E-state index in [0.717, 1.165) is 32.0 Å². The molecule has 0 radical (unpaired) electrons. The Labute approximate surface area is 172 Å². The molecule has 116 valence electrons. The van der Waals surface area contributed by atoms with Crippen molar-refractivity contribution in [1.29, 1.82) is 0 Å². The van der Waals surface area contributed by atoms with Gasteiger partial charge in [0, 0.05) is 31.6 Å².